The Morgan fingerprint density at radius 2 is 2.07 bits per heavy atom. The zero-order valence-corrected chi connectivity index (χ0v) is 8.80. The van der Waals surface area contributed by atoms with Gasteiger partial charge >= 0.3 is 0 Å². The van der Waals surface area contributed by atoms with Gasteiger partial charge in [-0.25, -0.2) is 0 Å². The summed E-state index contributed by atoms with van der Waals surface area (Å²) in [5.74, 6) is 0. The molecule has 0 radical (unpaired) electrons. The molecule has 0 aliphatic rings. The first-order chi connectivity index (χ1) is 7.20. The first kappa shape index (κ1) is 13.2. The average molecular weight is 207 g/mol. The van der Waals surface area contributed by atoms with Gasteiger partial charge in [0.2, 0.25) is 0 Å². The van der Waals surface area contributed by atoms with Crippen molar-refractivity contribution in [3.63, 3.8) is 0 Å². The number of aromatic nitrogens is 1. The van der Waals surface area contributed by atoms with Crippen molar-refractivity contribution in [2.75, 3.05) is 12.3 Å². The molecule has 0 fully saturated rings. The predicted molar refractivity (Wildman–Crippen MR) is 62.8 cm³/mol. The highest BCUT2D eigenvalue weighted by molar-refractivity contribution is 5.33. The average Bonchev–Trinajstić information content (AvgIpc) is 2.28. The second-order valence-corrected chi connectivity index (χ2v) is 2.71. The van der Waals surface area contributed by atoms with E-state index >= 15 is 0 Å². The van der Waals surface area contributed by atoms with Crippen molar-refractivity contribution in [3.05, 3.63) is 48.5 Å². The van der Waals surface area contributed by atoms with E-state index in [1.807, 2.05) is 13.0 Å². The molecule has 0 aromatic carbocycles. The lowest BCUT2D eigenvalue weighted by Crippen LogP contribution is -2.00. The molecule has 0 unspecified atom stereocenters. The van der Waals surface area contributed by atoms with Crippen LogP contribution in [-0.2, 0) is 0 Å². The fourth-order valence-corrected chi connectivity index (χ4v) is 0.636. The first-order valence-corrected chi connectivity index (χ1v) is 4.54. The van der Waals surface area contributed by atoms with Crippen molar-refractivity contribution in [3.8, 4) is 0 Å². The molecule has 0 aliphatic heterocycles. The zero-order chi connectivity index (χ0) is 11.5. The Morgan fingerprint density at radius 1 is 1.47 bits per heavy atom. The van der Waals surface area contributed by atoms with Gasteiger partial charge in [0.1, 0.15) is 0 Å². The Balaban J connectivity index is 0.000000262. The van der Waals surface area contributed by atoms with E-state index in [-0.39, 0.29) is 6.61 Å². The van der Waals surface area contributed by atoms with E-state index in [1.54, 1.807) is 36.7 Å². The zero-order valence-electron chi connectivity index (χ0n) is 8.80. The van der Waals surface area contributed by atoms with Gasteiger partial charge in [0.15, 0.2) is 0 Å². The summed E-state index contributed by atoms with van der Waals surface area (Å²) >= 11 is 0. The topological polar surface area (TPSA) is 85.2 Å². The number of nitrogens with two attached hydrogens (primary N) is 2. The van der Waals surface area contributed by atoms with E-state index in [2.05, 4.69) is 4.98 Å². The normalized spacial score (nSPS) is 10.9. The van der Waals surface area contributed by atoms with Gasteiger partial charge in [-0.2, -0.15) is 0 Å². The number of hydrogen-bond acceptors (Lipinski definition) is 4. The second kappa shape index (κ2) is 8.77. The van der Waals surface area contributed by atoms with Crippen LogP contribution in [0.2, 0.25) is 0 Å². The van der Waals surface area contributed by atoms with Crippen molar-refractivity contribution in [1.29, 1.82) is 0 Å². The van der Waals surface area contributed by atoms with Crippen LogP contribution in [0.5, 0.6) is 0 Å². The third kappa shape index (κ3) is 8.52. The van der Waals surface area contributed by atoms with E-state index in [4.69, 9.17) is 16.6 Å². The Kier molecular flexibility index (Phi) is 7.71. The number of anilines is 1. The molecule has 15 heavy (non-hydrogen) atoms. The maximum absolute atomic E-state index is 8.33. The summed E-state index contributed by atoms with van der Waals surface area (Å²) in [5, 5.41) is 8.33. The molecule has 0 atom stereocenters. The molecule has 0 aliphatic carbocycles. The summed E-state index contributed by atoms with van der Waals surface area (Å²) in [6.45, 7) is 1.82. The van der Waals surface area contributed by atoms with Crippen molar-refractivity contribution in [1.82, 2.24) is 4.98 Å². The summed E-state index contributed by atoms with van der Waals surface area (Å²) in [6, 6.07) is 3.50. The van der Waals surface area contributed by atoms with E-state index in [0.29, 0.717) is 5.70 Å². The molecule has 0 amide bonds. The van der Waals surface area contributed by atoms with Gasteiger partial charge in [-0.05, 0) is 25.1 Å². The predicted octanol–water partition coefficient (Wildman–Crippen LogP) is 1.06. The van der Waals surface area contributed by atoms with Crippen LogP contribution in [0, 0.1) is 0 Å². The minimum absolute atomic E-state index is 0.0651. The van der Waals surface area contributed by atoms with Crippen LogP contribution in [0.15, 0.2) is 48.5 Å². The van der Waals surface area contributed by atoms with Crippen molar-refractivity contribution in [2.45, 2.75) is 6.92 Å². The van der Waals surface area contributed by atoms with Crippen LogP contribution in [0.4, 0.5) is 5.69 Å². The van der Waals surface area contributed by atoms with Gasteiger partial charge in [0.25, 0.3) is 0 Å². The van der Waals surface area contributed by atoms with E-state index in [0.717, 1.165) is 5.69 Å². The van der Waals surface area contributed by atoms with Gasteiger partial charge in [-0.1, -0.05) is 12.2 Å². The number of aliphatic hydroxyl groups excluding tert-OH is 1. The number of pyridine rings is 1. The van der Waals surface area contributed by atoms with Crippen LogP contribution >= 0.6 is 0 Å². The summed E-state index contributed by atoms with van der Waals surface area (Å²) in [5.41, 5.74) is 11.8. The Morgan fingerprint density at radius 3 is 2.40 bits per heavy atom. The Labute approximate surface area is 89.9 Å². The molecule has 1 aromatic rings. The third-order valence-corrected chi connectivity index (χ3v) is 1.39. The molecule has 5 N–H and O–H groups in total. The number of rotatable bonds is 2. The summed E-state index contributed by atoms with van der Waals surface area (Å²) in [6.07, 6.45) is 8.62. The molecule has 4 nitrogen and oxygen atoms in total. The van der Waals surface area contributed by atoms with Crippen molar-refractivity contribution >= 4 is 5.69 Å². The molecule has 4 heteroatoms. The van der Waals surface area contributed by atoms with Crippen LogP contribution in [0.3, 0.4) is 0 Å². The largest absolute Gasteiger partial charge is 0.400 e. The molecular weight excluding hydrogens is 190 g/mol. The lowest BCUT2D eigenvalue weighted by Gasteiger charge is -1.87. The SMILES string of the molecule is C/C=C\C=C(\N)CO.Nc1ccncc1. The number of hydrogen-bond donors (Lipinski definition) is 3. The second-order valence-electron chi connectivity index (χ2n) is 2.71. The minimum Gasteiger partial charge on any atom is -0.400 e. The first-order valence-electron chi connectivity index (χ1n) is 4.54. The molecular formula is C11H17N3O. The van der Waals surface area contributed by atoms with Crippen molar-refractivity contribution < 1.29 is 5.11 Å². The summed E-state index contributed by atoms with van der Waals surface area (Å²) in [7, 11) is 0. The van der Waals surface area contributed by atoms with E-state index in [9.17, 15) is 0 Å². The smallest absolute Gasteiger partial charge is 0.0825 e. The Bertz CT molecular complexity index is 307. The lowest BCUT2D eigenvalue weighted by atomic mass is 10.4. The standard InChI is InChI=1S/C6H11NO.C5H6N2/c1-2-3-4-6(7)5-8;6-5-1-3-7-4-2-5/h2-4,8H,5,7H2,1H3;1-4H,(H2,6,7)/b3-2-,6-4+;. The monoisotopic (exact) mass is 207 g/mol. The number of allylic oxidation sites excluding steroid dienone is 3. The van der Waals surface area contributed by atoms with Crippen LogP contribution in [-0.4, -0.2) is 16.7 Å². The summed E-state index contributed by atoms with van der Waals surface area (Å²) < 4.78 is 0. The highest BCUT2D eigenvalue weighted by atomic mass is 16.3. The number of nitrogen functional groups attached to an aromatic ring is 1. The van der Waals surface area contributed by atoms with E-state index in [1.165, 1.54) is 0 Å². The van der Waals surface area contributed by atoms with Crippen molar-refractivity contribution in [2.24, 2.45) is 5.73 Å². The molecule has 0 bridgehead atoms. The van der Waals surface area contributed by atoms with E-state index < -0.39 is 0 Å². The fraction of sp³-hybridized carbons (Fsp3) is 0.182. The molecule has 0 saturated carbocycles. The van der Waals surface area contributed by atoms with Crippen LogP contribution in [0.25, 0.3) is 0 Å². The third-order valence-electron chi connectivity index (χ3n) is 1.39. The van der Waals surface area contributed by atoms with Crippen LogP contribution in [0.1, 0.15) is 6.92 Å². The quantitative estimate of drug-likeness (QED) is 0.633. The van der Waals surface area contributed by atoms with Gasteiger partial charge in [0, 0.05) is 23.8 Å². The number of aliphatic hydroxyl groups is 1. The maximum Gasteiger partial charge on any atom is 0.0825 e. The fourth-order valence-electron chi connectivity index (χ4n) is 0.636. The summed E-state index contributed by atoms with van der Waals surface area (Å²) in [4.78, 5) is 3.77. The van der Waals surface area contributed by atoms with Gasteiger partial charge < -0.3 is 16.6 Å². The van der Waals surface area contributed by atoms with Crippen LogP contribution < -0.4 is 11.5 Å². The molecule has 0 spiro atoms. The lowest BCUT2D eigenvalue weighted by molar-refractivity contribution is 0.330. The van der Waals surface area contributed by atoms with Gasteiger partial charge in [-0.3, -0.25) is 4.98 Å². The highest BCUT2D eigenvalue weighted by Gasteiger charge is 1.77. The van der Waals surface area contributed by atoms with Gasteiger partial charge in [0.05, 0.1) is 6.61 Å². The molecule has 1 heterocycles. The molecule has 82 valence electrons. The van der Waals surface area contributed by atoms with Gasteiger partial charge in [-0.15, -0.1) is 0 Å². The Hall–Kier alpha value is -1.81. The molecule has 1 rings (SSSR count). The molecule has 0 saturated heterocycles. The maximum atomic E-state index is 8.33. The highest BCUT2D eigenvalue weighted by Crippen LogP contribution is 1.92. The minimum atomic E-state index is -0.0651. The number of nitrogens with zero attached hydrogens (tertiary/aromatic N) is 1. The molecule has 1 aromatic heterocycles.